The SMILES string of the molecule is O=C1C(F)=CC=C2C=c3sccc3=C12. The number of thiophene rings is 1. The number of fused-ring (bicyclic) bond motifs is 2. The third-order valence-electron chi connectivity index (χ3n) is 2.39. The second-order valence-electron chi connectivity index (χ2n) is 3.18. The molecule has 0 saturated carbocycles. The predicted octanol–water partition coefficient (Wildman–Crippen LogP) is 1.06. The number of carbonyl (C=O) groups is 1. The first-order valence-corrected chi connectivity index (χ1v) is 5.07. The molecular weight excluding hydrogens is 199 g/mol. The van der Waals surface area contributed by atoms with Crippen molar-refractivity contribution in [3.05, 3.63) is 44.7 Å². The zero-order valence-corrected chi connectivity index (χ0v) is 7.90. The molecule has 0 aromatic carbocycles. The Morgan fingerprint density at radius 1 is 1.29 bits per heavy atom. The van der Waals surface area contributed by atoms with Crippen LogP contribution in [0.3, 0.4) is 0 Å². The molecule has 0 spiro atoms. The quantitative estimate of drug-likeness (QED) is 0.617. The van der Waals surface area contributed by atoms with E-state index < -0.39 is 11.6 Å². The molecule has 2 aliphatic carbocycles. The van der Waals surface area contributed by atoms with Crippen LogP contribution < -0.4 is 9.75 Å². The number of hydrogen-bond acceptors (Lipinski definition) is 2. The number of rotatable bonds is 0. The molecule has 1 heterocycles. The fourth-order valence-corrected chi connectivity index (χ4v) is 2.59. The molecule has 1 aromatic heterocycles. The maximum atomic E-state index is 13.1. The largest absolute Gasteiger partial charge is 0.286 e. The van der Waals surface area contributed by atoms with E-state index >= 15 is 0 Å². The van der Waals surface area contributed by atoms with E-state index in [4.69, 9.17) is 0 Å². The minimum Gasteiger partial charge on any atom is -0.286 e. The lowest BCUT2D eigenvalue weighted by atomic mass is 9.98. The summed E-state index contributed by atoms with van der Waals surface area (Å²) in [7, 11) is 0. The Bertz CT molecular complexity index is 616. The lowest BCUT2D eigenvalue weighted by Gasteiger charge is -2.06. The molecular formula is C11H5FOS. The van der Waals surface area contributed by atoms with Crippen LogP contribution in [0.2, 0.25) is 0 Å². The summed E-state index contributed by atoms with van der Waals surface area (Å²) in [4.78, 5) is 11.5. The van der Waals surface area contributed by atoms with Crippen molar-refractivity contribution in [3.8, 4) is 0 Å². The average Bonchev–Trinajstić information content (AvgIpc) is 2.70. The third kappa shape index (κ3) is 0.849. The van der Waals surface area contributed by atoms with E-state index in [1.807, 2.05) is 17.5 Å². The highest BCUT2D eigenvalue weighted by atomic mass is 32.1. The van der Waals surface area contributed by atoms with Gasteiger partial charge in [0.25, 0.3) is 0 Å². The highest BCUT2D eigenvalue weighted by Crippen LogP contribution is 2.25. The van der Waals surface area contributed by atoms with Crippen molar-refractivity contribution in [1.29, 1.82) is 0 Å². The number of halogens is 1. The topological polar surface area (TPSA) is 17.1 Å². The Hall–Kier alpha value is -1.48. The van der Waals surface area contributed by atoms with Gasteiger partial charge < -0.3 is 0 Å². The molecule has 0 amide bonds. The van der Waals surface area contributed by atoms with Crippen LogP contribution in [0, 0.1) is 0 Å². The molecule has 1 aromatic rings. The monoisotopic (exact) mass is 204 g/mol. The van der Waals surface area contributed by atoms with Gasteiger partial charge in [-0.2, -0.15) is 0 Å². The van der Waals surface area contributed by atoms with Crippen molar-refractivity contribution in [2.24, 2.45) is 0 Å². The zero-order chi connectivity index (χ0) is 9.71. The maximum absolute atomic E-state index is 13.1. The second-order valence-corrected chi connectivity index (χ2v) is 4.13. The van der Waals surface area contributed by atoms with Gasteiger partial charge in [0.05, 0.1) is 0 Å². The molecule has 0 atom stereocenters. The summed E-state index contributed by atoms with van der Waals surface area (Å²) < 4.78 is 14.1. The standard InChI is InChI=1S/C11H5FOS/c12-8-2-1-6-5-9-7(3-4-14-9)10(6)11(8)13/h1-5H. The Balaban J connectivity index is 2.46. The summed E-state index contributed by atoms with van der Waals surface area (Å²) in [5, 5.41) is 2.78. The normalized spacial score (nSPS) is 18.4. The fraction of sp³-hybridized carbons (Fsp3) is 0. The van der Waals surface area contributed by atoms with E-state index in [9.17, 15) is 9.18 Å². The Labute approximate surface area is 83.2 Å². The van der Waals surface area contributed by atoms with Gasteiger partial charge in [0.2, 0.25) is 5.78 Å². The van der Waals surface area contributed by atoms with Crippen molar-refractivity contribution in [2.45, 2.75) is 0 Å². The first kappa shape index (κ1) is 7.88. The second kappa shape index (κ2) is 2.51. The average molecular weight is 204 g/mol. The van der Waals surface area contributed by atoms with E-state index in [1.54, 1.807) is 17.4 Å². The Kier molecular flexibility index (Phi) is 1.42. The molecule has 0 radical (unpaired) electrons. The zero-order valence-electron chi connectivity index (χ0n) is 7.08. The number of hydrogen-bond donors (Lipinski definition) is 0. The minimum atomic E-state index is -0.670. The molecule has 3 rings (SSSR count). The highest BCUT2D eigenvalue weighted by molar-refractivity contribution is 7.07. The molecule has 1 nitrogen and oxygen atoms in total. The van der Waals surface area contributed by atoms with Crippen LogP contribution in [-0.4, -0.2) is 5.78 Å². The molecule has 2 aliphatic rings. The fourth-order valence-electron chi connectivity index (χ4n) is 1.75. The molecule has 68 valence electrons. The van der Waals surface area contributed by atoms with E-state index in [1.165, 1.54) is 6.08 Å². The number of carbonyl (C=O) groups excluding carboxylic acids is 1. The van der Waals surface area contributed by atoms with Crippen LogP contribution in [0.15, 0.2) is 35.0 Å². The Morgan fingerprint density at radius 3 is 3.00 bits per heavy atom. The van der Waals surface area contributed by atoms with Gasteiger partial charge in [-0.3, -0.25) is 4.79 Å². The smallest absolute Gasteiger partial charge is 0.222 e. The van der Waals surface area contributed by atoms with Gasteiger partial charge in [-0.1, -0.05) is 6.08 Å². The van der Waals surface area contributed by atoms with Gasteiger partial charge >= 0.3 is 0 Å². The molecule has 14 heavy (non-hydrogen) atoms. The Morgan fingerprint density at radius 2 is 2.14 bits per heavy atom. The van der Waals surface area contributed by atoms with Crippen LogP contribution >= 0.6 is 11.3 Å². The van der Waals surface area contributed by atoms with Gasteiger partial charge in [0, 0.05) is 15.3 Å². The maximum Gasteiger partial charge on any atom is 0.222 e. The van der Waals surface area contributed by atoms with Gasteiger partial charge in [0.1, 0.15) is 0 Å². The molecule has 0 bridgehead atoms. The first-order chi connectivity index (χ1) is 6.77. The lowest BCUT2D eigenvalue weighted by Crippen LogP contribution is -2.20. The van der Waals surface area contributed by atoms with Gasteiger partial charge in [-0.15, -0.1) is 11.3 Å². The molecule has 0 unspecified atom stereocenters. The molecule has 0 saturated heterocycles. The number of Topliss-reactive ketones (excluding diaryl/α,β-unsaturated/α-hetero) is 1. The van der Waals surface area contributed by atoms with Crippen molar-refractivity contribution in [3.63, 3.8) is 0 Å². The van der Waals surface area contributed by atoms with Crippen LogP contribution in [0.4, 0.5) is 4.39 Å². The lowest BCUT2D eigenvalue weighted by molar-refractivity contribution is -0.111. The minimum absolute atomic E-state index is 0.490. The van der Waals surface area contributed by atoms with E-state index in [0.717, 1.165) is 15.3 Å². The van der Waals surface area contributed by atoms with E-state index in [-0.39, 0.29) is 0 Å². The van der Waals surface area contributed by atoms with Gasteiger partial charge in [0.15, 0.2) is 5.83 Å². The molecule has 0 N–H and O–H groups in total. The summed E-state index contributed by atoms with van der Waals surface area (Å²) in [5.74, 6) is -1.16. The predicted molar refractivity (Wildman–Crippen MR) is 53.7 cm³/mol. The van der Waals surface area contributed by atoms with Gasteiger partial charge in [-0.05, 0) is 29.2 Å². The summed E-state index contributed by atoms with van der Waals surface area (Å²) in [6, 6.07) is 1.86. The molecule has 0 fully saturated rings. The van der Waals surface area contributed by atoms with Crippen molar-refractivity contribution in [2.75, 3.05) is 0 Å². The summed E-state index contributed by atoms with van der Waals surface area (Å²) in [5.41, 5.74) is 1.35. The summed E-state index contributed by atoms with van der Waals surface area (Å²) in [6.45, 7) is 0. The first-order valence-electron chi connectivity index (χ1n) is 4.19. The van der Waals surface area contributed by atoms with Crippen LogP contribution in [0.5, 0.6) is 0 Å². The molecule has 0 aliphatic heterocycles. The van der Waals surface area contributed by atoms with Crippen LogP contribution in [0.25, 0.3) is 11.6 Å². The summed E-state index contributed by atoms with van der Waals surface area (Å²) >= 11 is 1.57. The summed E-state index contributed by atoms with van der Waals surface area (Å²) in [6.07, 6.45) is 4.81. The van der Waals surface area contributed by atoms with E-state index in [0.29, 0.717) is 5.57 Å². The highest BCUT2D eigenvalue weighted by Gasteiger charge is 2.24. The van der Waals surface area contributed by atoms with Crippen molar-refractivity contribution in [1.82, 2.24) is 0 Å². The van der Waals surface area contributed by atoms with Crippen molar-refractivity contribution >= 4 is 28.8 Å². The van der Waals surface area contributed by atoms with Crippen LogP contribution in [-0.2, 0) is 4.79 Å². The van der Waals surface area contributed by atoms with Gasteiger partial charge in [-0.25, -0.2) is 4.39 Å². The number of allylic oxidation sites excluding steroid dienone is 4. The third-order valence-corrected chi connectivity index (χ3v) is 3.26. The number of ketones is 1. The molecule has 3 heteroatoms. The van der Waals surface area contributed by atoms with Crippen LogP contribution in [0.1, 0.15) is 0 Å². The van der Waals surface area contributed by atoms with E-state index in [2.05, 4.69) is 0 Å². The van der Waals surface area contributed by atoms with Crippen molar-refractivity contribution < 1.29 is 9.18 Å².